The van der Waals surface area contributed by atoms with Gasteiger partial charge in [0.05, 0.1) is 0 Å². The van der Waals surface area contributed by atoms with Gasteiger partial charge in [-0.3, -0.25) is 4.79 Å². The Morgan fingerprint density at radius 3 is 2.27 bits per heavy atom. The van der Waals surface area contributed by atoms with Crippen LogP contribution in [0.1, 0.15) is 25.3 Å². The second-order valence-electron chi connectivity index (χ2n) is 4.21. The molecule has 1 saturated carbocycles. The second-order valence-corrected chi connectivity index (χ2v) is 4.21. The summed E-state index contributed by atoms with van der Waals surface area (Å²) in [5.74, 6) is -1.07. The molecular weight excluding hydrogens is 198 g/mol. The summed E-state index contributed by atoms with van der Waals surface area (Å²) < 4.78 is 26.6. The first-order valence-corrected chi connectivity index (χ1v) is 4.99. The second kappa shape index (κ2) is 3.40. The molecule has 0 radical (unpaired) electrons. The van der Waals surface area contributed by atoms with Crippen molar-refractivity contribution < 1.29 is 13.6 Å². The maximum atomic E-state index is 13.3. The first kappa shape index (κ1) is 10.3. The van der Waals surface area contributed by atoms with Gasteiger partial charge in [0.1, 0.15) is 17.4 Å². The fourth-order valence-electron chi connectivity index (χ4n) is 1.84. The fraction of sp³-hybridized carbons (Fsp3) is 0.417. The lowest BCUT2D eigenvalue weighted by molar-refractivity contribution is -0.121. The van der Waals surface area contributed by atoms with E-state index in [0.29, 0.717) is 0 Å². The third-order valence-corrected chi connectivity index (χ3v) is 3.18. The number of carbonyl (C=O) groups is 1. The van der Waals surface area contributed by atoms with Gasteiger partial charge in [-0.05, 0) is 38.3 Å². The predicted molar refractivity (Wildman–Crippen MR) is 52.4 cm³/mol. The van der Waals surface area contributed by atoms with Gasteiger partial charge in [-0.15, -0.1) is 0 Å². The van der Waals surface area contributed by atoms with E-state index in [2.05, 4.69) is 0 Å². The SMILES string of the molecule is CC(=O)C1(Cc2c(F)cccc2F)CC1. The van der Waals surface area contributed by atoms with Gasteiger partial charge in [0, 0.05) is 11.0 Å². The van der Waals surface area contributed by atoms with E-state index in [0.717, 1.165) is 12.8 Å². The van der Waals surface area contributed by atoms with Crippen molar-refractivity contribution in [1.82, 2.24) is 0 Å². The minimum Gasteiger partial charge on any atom is -0.299 e. The minimum atomic E-state index is -0.553. The van der Waals surface area contributed by atoms with Crippen molar-refractivity contribution in [3.63, 3.8) is 0 Å². The van der Waals surface area contributed by atoms with Crippen LogP contribution in [0, 0.1) is 17.0 Å². The van der Waals surface area contributed by atoms with Crippen LogP contribution in [0.3, 0.4) is 0 Å². The summed E-state index contributed by atoms with van der Waals surface area (Å²) in [5, 5.41) is 0. The Bertz CT molecular complexity index is 388. The largest absolute Gasteiger partial charge is 0.299 e. The summed E-state index contributed by atoms with van der Waals surface area (Å²) in [7, 11) is 0. The molecule has 1 nitrogen and oxygen atoms in total. The van der Waals surface area contributed by atoms with Crippen LogP contribution in [0.15, 0.2) is 18.2 Å². The Labute approximate surface area is 87.1 Å². The molecule has 0 saturated heterocycles. The number of hydrogen-bond donors (Lipinski definition) is 0. The first-order chi connectivity index (χ1) is 7.05. The molecule has 0 heterocycles. The lowest BCUT2D eigenvalue weighted by Crippen LogP contribution is -2.16. The molecular formula is C12H12F2O. The van der Waals surface area contributed by atoms with Crippen molar-refractivity contribution in [2.45, 2.75) is 26.2 Å². The number of carbonyl (C=O) groups excluding carboxylic acids is 1. The van der Waals surface area contributed by atoms with E-state index in [9.17, 15) is 13.6 Å². The number of hydrogen-bond acceptors (Lipinski definition) is 1. The highest BCUT2D eigenvalue weighted by molar-refractivity contribution is 5.85. The molecule has 1 aliphatic rings. The molecule has 1 fully saturated rings. The predicted octanol–water partition coefficient (Wildman–Crippen LogP) is 2.88. The highest BCUT2D eigenvalue weighted by atomic mass is 19.1. The van der Waals surface area contributed by atoms with Crippen LogP contribution in [0.2, 0.25) is 0 Å². The quantitative estimate of drug-likeness (QED) is 0.749. The summed E-state index contributed by atoms with van der Waals surface area (Å²) >= 11 is 0. The van der Waals surface area contributed by atoms with Crippen LogP contribution >= 0.6 is 0 Å². The molecule has 0 aromatic heterocycles. The van der Waals surface area contributed by atoms with Crippen LogP contribution in [-0.2, 0) is 11.2 Å². The van der Waals surface area contributed by atoms with E-state index in [1.165, 1.54) is 25.1 Å². The number of ketones is 1. The highest BCUT2D eigenvalue weighted by Gasteiger charge is 2.47. The standard InChI is InChI=1S/C12H12F2O/c1-8(15)12(5-6-12)7-9-10(13)3-2-4-11(9)14/h2-4H,5-7H2,1H3. The van der Waals surface area contributed by atoms with Gasteiger partial charge >= 0.3 is 0 Å². The first-order valence-electron chi connectivity index (χ1n) is 4.99. The van der Waals surface area contributed by atoms with Gasteiger partial charge in [-0.2, -0.15) is 0 Å². The van der Waals surface area contributed by atoms with Crippen molar-refractivity contribution in [2.24, 2.45) is 5.41 Å². The lowest BCUT2D eigenvalue weighted by atomic mass is 9.92. The van der Waals surface area contributed by atoms with Gasteiger partial charge in [0.2, 0.25) is 0 Å². The summed E-state index contributed by atoms with van der Waals surface area (Å²) in [6.07, 6.45) is 1.69. The molecule has 2 rings (SSSR count). The highest BCUT2D eigenvalue weighted by Crippen LogP contribution is 2.49. The molecule has 0 aliphatic heterocycles. The number of Topliss-reactive ketones (excluding diaryl/α,β-unsaturated/α-hetero) is 1. The topological polar surface area (TPSA) is 17.1 Å². The summed E-state index contributed by atoms with van der Waals surface area (Å²) in [6, 6.07) is 3.80. The third kappa shape index (κ3) is 1.78. The zero-order valence-electron chi connectivity index (χ0n) is 8.52. The summed E-state index contributed by atoms with van der Waals surface area (Å²) in [6.45, 7) is 1.49. The fourth-order valence-corrected chi connectivity index (χ4v) is 1.84. The van der Waals surface area contributed by atoms with Crippen LogP contribution in [0.25, 0.3) is 0 Å². The molecule has 0 bridgehead atoms. The van der Waals surface area contributed by atoms with E-state index in [4.69, 9.17) is 0 Å². The number of halogens is 2. The van der Waals surface area contributed by atoms with Crippen molar-refractivity contribution in [1.29, 1.82) is 0 Å². The van der Waals surface area contributed by atoms with E-state index >= 15 is 0 Å². The van der Waals surface area contributed by atoms with Crippen molar-refractivity contribution in [3.05, 3.63) is 35.4 Å². The van der Waals surface area contributed by atoms with Gasteiger partial charge in [-0.1, -0.05) is 6.07 Å². The monoisotopic (exact) mass is 210 g/mol. The van der Waals surface area contributed by atoms with Crippen LogP contribution in [0.5, 0.6) is 0 Å². The molecule has 0 unspecified atom stereocenters. The van der Waals surface area contributed by atoms with Gasteiger partial charge in [-0.25, -0.2) is 8.78 Å². The van der Waals surface area contributed by atoms with Crippen molar-refractivity contribution in [3.8, 4) is 0 Å². The van der Waals surface area contributed by atoms with Crippen LogP contribution < -0.4 is 0 Å². The number of rotatable bonds is 3. The van der Waals surface area contributed by atoms with Crippen molar-refractivity contribution in [2.75, 3.05) is 0 Å². The normalized spacial score (nSPS) is 17.5. The van der Waals surface area contributed by atoms with Gasteiger partial charge in [0.25, 0.3) is 0 Å². The van der Waals surface area contributed by atoms with Crippen molar-refractivity contribution >= 4 is 5.78 Å². The molecule has 3 heteroatoms. The van der Waals surface area contributed by atoms with Gasteiger partial charge in [0.15, 0.2) is 0 Å². The van der Waals surface area contributed by atoms with Crippen LogP contribution in [-0.4, -0.2) is 5.78 Å². The molecule has 1 aromatic carbocycles. The molecule has 1 aromatic rings. The molecule has 0 spiro atoms. The molecule has 0 atom stereocenters. The van der Waals surface area contributed by atoms with E-state index in [1.807, 2.05) is 0 Å². The zero-order chi connectivity index (χ0) is 11.1. The maximum absolute atomic E-state index is 13.3. The molecule has 15 heavy (non-hydrogen) atoms. The Kier molecular flexibility index (Phi) is 2.33. The minimum absolute atomic E-state index is 0.0325. The van der Waals surface area contributed by atoms with E-state index in [-0.39, 0.29) is 17.8 Å². The third-order valence-electron chi connectivity index (χ3n) is 3.18. The summed E-state index contributed by atoms with van der Waals surface area (Å²) in [5.41, 5.74) is -0.437. The van der Waals surface area contributed by atoms with Crippen LogP contribution in [0.4, 0.5) is 8.78 Å². The molecule has 1 aliphatic carbocycles. The van der Waals surface area contributed by atoms with E-state index < -0.39 is 17.0 Å². The maximum Gasteiger partial charge on any atom is 0.136 e. The average Bonchev–Trinajstić information content (AvgIpc) is 2.93. The Balaban J connectivity index is 2.29. The Morgan fingerprint density at radius 1 is 1.33 bits per heavy atom. The Hall–Kier alpha value is -1.25. The average molecular weight is 210 g/mol. The smallest absolute Gasteiger partial charge is 0.136 e. The Morgan fingerprint density at radius 2 is 1.87 bits per heavy atom. The molecule has 0 N–H and O–H groups in total. The van der Waals surface area contributed by atoms with E-state index in [1.54, 1.807) is 0 Å². The number of benzene rings is 1. The van der Waals surface area contributed by atoms with Gasteiger partial charge < -0.3 is 0 Å². The molecule has 80 valence electrons. The summed E-state index contributed by atoms with van der Waals surface area (Å²) in [4.78, 5) is 11.3. The molecule has 0 amide bonds. The lowest BCUT2D eigenvalue weighted by Gasteiger charge is -2.12. The zero-order valence-corrected chi connectivity index (χ0v) is 8.52.